The Balaban J connectivity index is 2.23. The zero-order valence-electron chi connectivity index (χ0n) is 12.0. The molecule has 0 spiro atoms. The Hall–Kier alpha value is -1.49. The Morgan fingerprint density at radius 2 is 1.89 bits per heavy atom. The number of hydrogen-bond donors (Lipinski definition) is 0. The van der Waals surface area contributed by atoms with Crippen LogP contribution in [0.1, 0.15) is 55.6 Å². The zero-order valence-corrected chi connectivity index (χ0v) is 12.0. The predicted molar refractivity (Wildman–Crippen MR) is 77.3 cm³/mol. The average molecular weight is 257 g/mol. The molecule has 0 bridgehead atoms. The molecule has 1 aliphatic carbocycles. The monoisotopic (exact) mass is 257 g/mol. The fraction of sp³-hybridized carbons (Fsp3) is 0.588. The molecule has 1 saturated carbocycles. The second-order valence-electron chi connectivity index (χ2n) is 5.59. The minimum atomic E-state index is 0.0209. The van der Waals surface area contributed by atoms with Crippen molar-refractivity contribution in [2.24, 2.45) is 5.92 Å². The van der Waals surface area contributed by atoms with E-state index in [2.05, 4.69) is 18.2 Å². The van der Waals surface area contributed by atoms with Gasteiger partial charge in [-0.05, 0) is 42.9 Å². The van der Waals surface area contributed by atoms with E-state index in [1.807, 2.05) is 13.0 Å². The highest BCUT2D eigenvalue weighted by atomic mass is 16.5. The van der Waals surface area contributed by atoms with Crippen LogP contribution in [0.3, 0.4) is 0 Å². The van der Waals surface area contributed by atoms with E-state index in [0.29, 0.717) is 5.92 Å². The molecule has 1 aromatic rings. The molecular weight excluding hydrogens is 234 g/mol. The van der Waals surface area contributed by atoms with E-state index in [-0.39, 0.29) is 5.92 Å². The summed E-state index contributed by atoms with van der Waals surface area (Å²) in [7, 11) is 1.69. The van der Waals surface area contributed by atoms with E-state index in [0.717, 1.165) is 16.9 Å². The molecule has 0 aromatic heterocycles. The number of methoxy groups -OCH3 is 1. The Morgan fingerprint density at radius 3 is 2.47 bits per heavy atom. The highest BCUT2D eigenvalue weighted by molar-refractivity contribution is 5.40. The van der Waals surface area contributed by atoms with Crippen LogP contribution >= 0.6 is 0 Å². The number of nitriles is 1. The maximum absolute atomic E-state index is 9.57. The van der Waals surface area contributed by atoms with Crippen LogP contribution in [0, 0.1) is 24.2 Å². The summed E-state index contributed by atoms with van der Waals surface area (Å²) < 4.78 is 5.38. The fourth-order valence-electron chi connectivity index (χ4n) is 3.13. The minimum absolute atomic E-state index is 0.0209. The zero-order chi connectivity index (χ0) is 13.7. The van der Waals surface area contributed by atoms with Crippen LogP contribution < -0.4 is 4.74 Å². The lowest BCUT2D eigenvalue weighted by Crippen LogP contribution is -2.11. The first-order valence-electron chi connectivity index (χ1n) is 7.30. The molecule has 0 heterocycles. The molecule has 2 nitrogen and oxygen atoms in total. The van der Waals surface area contributed by atoms with Gasteiger partial charge in [0.05, 0.1) is 19.1 Å². The normalized spacial score (nSPS) is 18.4. The van der Waals surface area contributed by atoms with Gasteiger partial charge in [0.1, 0.15) is 5.75 Å². The van der Waals surface area contributed by atoms with Gasteiger partial charge >= 0.3 is 0 Å². The van der Waals surface area contributed by atoms with Gasteiger partial charge in [0.2, 0.25) is 0 Å². The second kappa shape index (κ2) is 6.61. The van der Waals surface area contributed by atoms with Crippen LogP contribution in [-0.4, -0.2) is 7.11 Å². The molecular formula is C17H23NO. The van der Waals surface area contributed by atoms with E-state index in [1.54, 1.807) is 7.11 Å². The molecule has 1 aromatic carbocycles. The van der Waals surface area contributed by atoms with Crippen molar-refractivity contribution in [3.05, 3.63) is 29.3 Å². The summed E-state index contributed by atoms with van der Waals surface area (Å²) in [5.74, 6) is 1.43. The molecule has 2 heteroatoms. The van der Waals surface area contributed by atoms with Gasteiger partial charge in [-0.1, -0.05) is 37.8 Å². The van der Waals surface area contributed by atoms with Crippen LogP contribution in [0.15, 0.2) is 18.2 Å². The van der Waals surface area contributed by atoms with Gasteiger partial charge in [-0.25, -0.2) is 0 Å². The van der Waals surface area contributed by atoms with Crippen molar-refractivity contribution < 1.29 is 4.74 Å². The second-order valence-corrected chi connectivity index (χ2v) is 5.59. The largest absolute Gasteiger partial charge is 0.496 e. The third-order valence-electron chi connectivity index (χ3n) is 4.30. The van der Waals surface area contributed by atoms with Crippen molar-refractivity contribution in [1.29, 1.82) is 5.26 Å². The number of nitrogens with zero attached hydrogens (tertiary/aromatic N) is 1. The molecule has 0 N–H and O–H groups in total. The van der Waals surface area contributed by atoms with Crippen molar-refractivity contribution in [3.63, 3.8) is 0 Å². The lowest BCUT2D eigenvalue weighted by molar-refractivity contribution is 0.405. The standard InChI is InChI=1S/C17H23NO/c1-13-9-10-15(11-17(13)19-2)16(12-18)14-7-5-3-4-6-8-14/h9-11,14,16H,3-8H2,1-2H3. The molecule has 0 radical (unpaired) electrons. The van der Waals surface area contributed by atoms with Crippen molar-refractivity contribution in [2.45, 2.75) is 51.4 Å². The van der Waals surface area contributed by atoms with Gasteiger partial charge in [0.15, 0.2) is 0 Å². The summed E-state index contributed by atoms with van der Waals surface area (Å²) in [6, 6.07) is 8.74. The third-order valence-corrected chi connectivity index (χ3v) is 4.30. The van der Waals surface area contributed by atoms with Crippen molar-refractivity contribution in [1.82, 2.24) is 0 Å². The molecule has 1 unspecified atom stereocenters. The molecule has 102 valence electrons. The first-order chi connectivity index (χ1) is 9.26. The fourth-order valence-corrected chi connectivity index (χ4v) is 3.13. The summed E-state index contributed by atoms with van der Waals surface area (Å²) in [5.41, 5.74) is 2.25. The first-order valence-corrected chi connectivity index (χ1v) is 7.30. The van der Waals surface area contributed by atoms with E-state index in [9.17, 15) is 5.26 Å². The molecule has 0 amide bonds. The summed E-state index contributed by atoms with van der Waals surface area (Å²) in [4.78, 5) is 0. The van der Waals surface area contributed by atoms with Gasteiger partial charge in [-0.2, -0.15) is 5.26 Å². The molecule has 1 fully saturated rings. The Bertz CT molecular complexity index is 453. The third kappa shape index (κ3) is 3.29. The Kier molecular flexibility index (Phi) is 4.85. The molecule has 0 saturated heterocycles. The summed E-state index contributed by atoms with van der Waals surface area (Å²) in [6.45, 7) is 2.04. The molecule has 19 heavy (non-hydrogen) atoms. The summed E-state index contributed by atoms with van der Waals surface area (Å²) in [5, 5.41) is 9.57. The SMILES string of the molecule is COc1cc(C(C#N)C2CCCCCC2)ccc1C. The van der Waals surface area contributed by atoms with Crippen LogP contribution in [0.5, 0.6) is 5.75 Å². The number of aryl methyl sites for hydroxylation is 1. The van der Waals surface area contributed by atoms with E-state index in [4.69, 9.17) is 4.74 Å². The van der Waals surface area contributed by atoms with Gasteiger partial charge in [0.25, 0.3) is 0 Å². The highest BCUT2D eigenvalue weighted by Crippen LogP contribution is 2.36. The Labute approximate surface area is 116 Å². The van der Waals surface area contributed by atoms with Crippen LogP contribution in [0.4, 0.5) is 0 Å². The molecule has 1 atom stereocenters. The van der Waals surface area contributed by atoms with Gasteiger partial charge in [-0.15, -0.1) is 0 Å². The lowest BCUT2D eigenvalue weighted by Gasteiger charge is -2.21. The number of ether oxygens (including phenoxy) is 1. The molecule has 2 rings (SSSR count). The van der Waals surface area contributed by atoms with E-state index < -0.39 is 0 Å². The van der Waals surface area contributed by atoms with Gasteiger partial charge < -0.3 is 4.74 Å². The summed E-state index contributed by atoms with van der Waals surface area (Å²) >= 11 is 0. The summed E-state index contributed by atoms with van der Waals surface area (Å²) in [6.07, 6.45) is 7.57. The van der Waals surface area contributed by atoms with E-state index in [1.165, 1.54) is 38.5 Å². The predicted octanol–water partition coefficient (Wildman–Crippen LogP) is 4.58. The van der Waals surface area contributed by atoms with Crippen molar-refractivity contribution in [3.8, 4) is 11.8 Å². The maximum atomic E-state index is 9.57. The smallest absolute Gasteiger partial charge is 0.122 e. The number of benzene rings is 1. The van der Waals surface area contributed by atoms with Crippen LogP contribution in [-0.2, 0) is 0 Å². The minimum Gasteiger partial charge on any atom is -0.496 e. The van der Waals surface area contributed by atoms with Crippen molar-refractivity contribution >= 4 is 0 Å². The Morgan fingerprint density at radius 1 is 1.21 bits per heavy atom. The topological polar surface area (TPSA) is 33.0 Å². The quantitative estimate of drug-likeness (QED) is 0.742. The van der Waals surface area contributed by atoms with Crippen LogP contribution in [0.25, 0.3) is 0 Å². The number of rotatable bonds is 3. The van der Waals surface area contributed by atoms with Crippen molar-refractivity contribution in [2.75, 3.05) is 7.11 Å². The number of hydrogen-bond acceptors (Lipinski definition) is 2. The molecule has 1 aliphatic rings. The maximum Gasteiger partial charge on any atom is 0.122 e. The average Bonchev–Trinajstić information content (AvgIpc) is 2.70. The van der Waals surface area contributed by atoms with Gasteiger partial charge in [0, 0.05) is 0 Å². The van der Waals surface area contributed by atoms with E-state index >= 15 is 0 Å². The first kappa shape index (κ1) is 13.9. The van der Waals surface area contributed by atoms with Crippen LogP contribution in [0.2, 0.25) is 0 Å². The van der Waals surface area contributed by atoms with Gasteiger partial charge in [-0.3, -0.25) is 0 Å². The molecule has 0 aliphatic heterocycles. The highest BCUT2D eigenvalue weighted by Gasteiger charge is 2.24. The lowest BCUT2D eigenvalue weighted by atomic mass is 9.82.